The summed E-state index contributed by atoms with van der Waals surface area (Å²) in [6.07, 6.45) is 1.46. The van der Waals surface area contributed by atoms with Gasteiger partial charge in [-0.05, 0) is 12.1 Å². The van der Waals surface area contributed by atoms with E-state index in [2.05, 4.69) is 15.5 Å². The summed E-state index contributed by atoms with van der Waals surface area (Å²) >= 11 is 0. The van der Waals surface area contributed by atoms with E-state index in [-0.39, 0.29) is 11.7 Å². The zero-order chi connectivity index (χ0) is 13.9. The third-order valence-corrected chi connectivity index (χ3v) is 3.42. The molecule has 104 valence electrons. The molecular formula is C14H15FN4O. The number of hydrogen-bond acceptors (Lipinski definition) is 3. The normalized spacial score (nSPS) is 15.3. The molecule has 1 aliphatic heterocycles. The smallest absolute Gasteiger partial charge is 0.257 e. The van der Waals surface area contributed by atoms with Gasteiger partial charge in [0.1, 0.15) is 5.82 Å². The molecule has 0 aliphatic carbocycles. The van der Waals surface area contributed by atoms with Gasteiger partial charge in [0.25, 0.3) is 5.91 Å². The number of carbonyl (C=O) groups excluding carboxylic acids is 1. The Morgan fingerprint density at radius 2 is 2.00 bits per heavy atom. The fourth-order valence-electron chi connectivity index (χ4n) is 2.36. The summed E-state index contributed by atoms with van der Waals surface area (Å²) in [6.45, 7) is 2.86. The minimum absolute atomic E-state index is 0.112. The Hall–Kier alpha value is -2.21. The molecule has 5 nitrogen and oxygen atoms in total. The Morgan fingerprint density at radius 1 is 1.25 bits per heavy atom. The van der Waals surface area contributed by atoms with Crippen LogP contribution in [0.25, 0.3) is 11.3 Å². The van der Waals surface area contributed by atoms with Gasteiger partial charge >= 0.3 is 0 Å². The number of aromatic nitrogens is 2. The molecule has 0 bridgehead atoms. The molecule has 0 spiro atoms. The highest BCUT2D eigenvalue weighted by Crippen LogP contribution is 2.24. The predicted octanol–water partition coefficient (Wildman–Crippen LogP) is 1.26. The second kappa shape index (κ2) is 5.42. The van der Waals surface area contributed by atoms with Gasteiger partial charge in [-0.3, -0.25) is 9.89 Å². The van der Waals surface area contributed by atoms with Crippen molar-refractivity contribution in [3.8, 4) is 11.3 Å². The van der Waals surface area contributed by atoms with Gasteiger partial charge in [0.15, 0.2) is 0 Å². The molecule has 1 amide bonds. The van der Waals surface area contributed by atoms with Gasteiger partial charge in [0.05, 0.1) is 17.5 Å². The monoisotopic (exact) mass is 274 g/mol. The van der Waals surface area contributed by atoms with Crippen molar-refractivity contribution in [2.75, 3.05) is 26.2 Å². The average molecular weight is 274 g/mol. The van der Waals surface area contributed by atoms with Gasteiger partial charge in [-0.2, -0.15) is 5.10 Å². The fraction of sp³-hybridized carbons (Fsp3) is 0.286. The highest BCUT2D eigenvalue weighted by molar-refractivity contribution is 5.99. The second-order valence-electron chi connectivity index (χ2n) is 4.68. The molecule has 20 heavy (non-hydrogen) atoms. The molecular weight excluding hydrogens is 259 g/mol. The fourth-order valence-corrected chi connectivity index (χ4v) is 2.36. The zero-order valence-corrected chi connectivity index (χ0v) is 10.9. The molecule has 1 aromatic heterocycles. The van der Waals surface area contributed by atoms with Crippen LogP contribution in [0.1, 0.15) is 10.4 Å². The maximum Gasteiger partial charge on any atom is 0.257 e. The zero-order valence-electron chi connectivity index (χ0n) is 10.9. The third kappa shape index (κ3) is 2.30. The molecule has 0 unspecified atom stereocenters. The van der Waals surface area contributed by atoms with Crippen molar-refractivity contribution in [1.29, 1.82) is 0 Å². The number of H-pyrrole nitrogens is 1. The molecule has 1 fully saturated rings. The van der Waals surface area contributed by atoms with Crippen LogP contribution in [0.2, 0.25) is 0 Å². The largest absolute Gasteiger partial charge is 0.336 e. The van der Waals surface area contributed by atoms with Crippen LogP contribution in [-0.2, 0) is 0 Å². The quantitative estimate of drug-likeness (QED) is 0.866. The van der Waals surface area contributed by atoms with Crippen LogP contribution >= 0.6 is 0 Å². The van der Waals surface area contributed by atoms with E-state index in [1.54, 1.807) is 23.1 Å². The molecule has 2 aromatic rings. The van der Waals surface area contributed by atoms with Crippen LogP contribution in [0.15, 0.2) is 30.5 Å². The molecule has 0 saturated carbocycles. The van der Waals surface area contributed by atoms with Crippen molar-refractivity contribution in [2.24, 2.45) is 0 Å². The van der Waals surface area contributed by atoms with E-state index in [1.165, 1.54) is 12.3 Å². The lowest BCUT2D eigenvalue weighted by Gasteiger charge is -2.27. The Kier molecular flexibility index (Phi) is 3.47. The molecule has 2 N–H and O–H groups in total. The Morgan fingerprint density at radius 3 is 2.75 bits per heavy atom. The minimum Gasteiger partial charge on any atom is -0.336 e. The van der Waals surface area contributed by atoms with Gasteiger partial charge in [-0.25, -0.2) is 4.39 Å². The first-order chi connectivity index (χ1) is 9.77. The van der Waals surface area contributed by atoms with E-state index in [0.29, 0.717) is 29.9 Å². The van der Waals surface area contributed by atoms with Crippen LogP contribution in [0.3, 0.4) is 0 Å². The van der Waals surface area contributed by atoms with Crippen LogP contribution in [0.4, 0.5) is 4.39 Å². The number of nitrogens with zero attached hydrogens (tertiary/aromatic N) is 2. The summed E-state index contributed by atoms with van der Waals surface area (Å²) in [6, 6.07) is 6.36. The SMILES string of the molecule is O=C(c1cn[nH]c1-c1ccccc1F)N1CCNCC1. The molecule has 2 heterocycles. The topological polar surface area (TPSA) is 61.0 Å². The lowest BCUT2D eigenvalue weighted by Crippen LogP contribution is -2.46. The van der Waals surface area contributed by atoms with E-state index in [4.69, 9.17) is 0 Å². The van der Waals surface area contributed by atoms with Crippen molar-refractivity contribution in [3.05, 3.63) is 41.8 Å². The van der Waals surface area contributed by atoms with Gasteiger partial charge in [-0.1, -0.05) is 12.1 Å². The molecule has 6 heteroatoms. The van der Waals surface area contributed by atoms with Gasteiger partial charge in [0, 0.05) is 31.7 Å². The van der Waals surface area contributed by atoms with Gasteiger partial charge in [0.2, 0.25) is 0 Å². The van der Waals surface area contributed by atoms with Crippen LogP contribution in [-0.4, -0.2) is 47.2 Å². The number of carbonyl (C=O) groups is 1. The summed E-state index contributed by atoms with van der Waals surface area (Å²) in [5.74, 6) is -0.482. The third-order valence-electron chi connectivity index (χ3n) is 3.42. The standard InChI is InChI=1S/C14H15FN4O/c15-12-4-2-1-3-10(12)13-11(9-17-18-13)14(20)19-7-5-16-6-8-19/h1-4,9,16H,5-8H2,(H,17,18). The highest BCUT2D eigenvalue weighted by atomic mass is 19.1. The number of piperazine rings is 1. The number of halogens is 1. The van der Waals surface area contributed by atoms with Crippen molar-refractivity contribution in [1.82, 2.24) is 20.4 Å². The first-order valence-electron chi connectivity index (χ1n) is 6.55. The summed E-state index contributed by atoms with van der Waals surface area (Å²) in [5, 5.41) is 9.82. The lowest BCUT2D eigenvalue weighted by molar-refractivity contribution is 0.0736. The van der Waals surface area contributed by atoms with E-state index < -0.39 is 0 Å². The van der Waals surface area contributed by atoms with E-state index in [1.807, 2.05) is 0 Å². The van der Waals surface area contributed by atoms with Crippen LogP contribution in [0, 0.1) is 5.82 Å². The number of benzene rings is 1. The second-order valence-corrected chi connectivity index (χ2v) is 4.68. The lowest BCUT2D eigenvalue weighted by atomic mass is 10.1. The van der Waals surface area contributed by atoms with E-state index in [0.717, 1.165) is 13.1 Å². The number of aromatic amines is 1. The van der Waals surface area contributed by atoms with E-state index in [9.17, 15) is 9.18 Å². The molecule has 1 aliphatic rings. The summed E-state index contributed by atoms with van der Waals surface area (Å²) in [7, 11) is 0. The summed E-state index contributed by atoms with van der Waals surface area (Å²) in [4.78, 5) is 14.2. The van der Waals surface area contributed by atoms with Crippen molar-refractivity contribution in [2.45, 2.75) is 0 Å². The average Bonchev–Trinajstić information content (AvgIpc) is 2.97. The number of rotatable bonds is 2. The maximum atomic E-state index is 13.9. The predicted molar refractivity (Wildman–Crippen MR) is 72.8 cm³/mol. The maximum absolute atomic E-state index is 13.9. The van der Waals surface area contributed by atoms with Crippen molar-refractivity contribution in [3.63, 3.8) is 0 Å². The Bertz CT molecular complexity index is 619. The molecule has 0 radical (unpaired) electrons. The Balaban J connectivity index is 1.94. The summed E-state index contributed by atoms with van der Waals surface area (Å²) < 4.78 is 13.9. The van der Waals surface area contributed by atoms with Crippen molar-refractivity contribution < 1.29 is 9.18 Å². The first kappa shape index (κ1) is 12.8. The van der Waals surface area contributed by atoms with Crippen LogP contribution < -0.4 is 5.32 Å². The molecule has 1 aromatic carbocycles. The first-order valence-corrected chi connectivity index (χ1v) is 6.55. The van der Waals surface area contributed by atoms with Crippen molar-refractivity contribution >= 4 is 5.91 Å². The Labute approximate surface area is 115 Å². The number of hydrogen-bond donors (Lipinski definition) is 2. The molecule has 0 atom stereocenters. The minimum atomic E-state index is -0.369. The van der Waals surface area contributed by atoms with E-state index >= 15 is 0 Å². The van der Waals surface area contributed by atoms with Gasteiger partial charge in [-0.15, -0.1) is 0 Å². The number of amides is 1. The highest BCUT2D eigenvalue weighted by Gasteiger charge is 2.23. The summed E-state index contributed by atoms with van der Waals surface area (Å²) in [5.41, 5.74) is 1.21. The number of nitrogens with one attached hydrogen (secondary N) is 2. The molecule has 1 saturated heterocycles. The van der Waals surface area contributed by atoms with Gasteiger partial charge < -0.3 is 10.2 Å². The molecule has 3 rings (SSSR count). The van der Waals surface area contributed by atoms with Crippen LogP contribution in [0.5, 0.6) is 0 Å².